The quantitative estimate of drug-likeness (QED) is 0.186. The maximum atomic E-state index is 15.3. The second-order valence-electron chi connectivity index (χ2n) is 13.4. The predicted molar refractivity (Wildman–Crippen MR) is 217 cm³/mol. The summed E-state index contributed by atoms with van der Waals surface area (Å²) in [4.78, 5) is 25.9. The SMILES string of the molecule is O=c1c2c3cc4c(cc3n(-c3nc(-c5ccccc5)c5ccccc5n3)c2c2ccccc2n1-c1ccccc1)c1ccccc1n4-c1ccccc1. The highest BCUT2D eigenvalue weighted by atomic mass is 16.1. The van der Waals surface area contributed by atoms with E-state index in [2.05, 4.69) is 94.1 Å². The molecule has 0 N–H and O–H groups in total. The molecule has 11 aromatic rings. The number of para-hydroxylation sites is 5. The zero-order valence-corrected chi connectivity index (χ0v) is 28.4. The molecule has 0 unspecified atom stereocenters. The van der Waals surface area contributed by atoms with E-state index in [1.165, 1.54) is 0 Å². The number of aromatic nitrogens is 5. The van der Waals surface area contributed by atoms with Crippen molar-refractivity contribution in [3.8, 4) is 28.6 Å². The van der Waals surface area contributed by atoms with Crippen molar-refractivity contribution in [3.63, 3.8) is 0 Å². The lowest BCUT2D eigenvalue weighted by molar-refractivity contribution is 1.01. The minimum absolute atomic E-state index is 0.0977. The molecule has 0 saturated carbocycles. The van der Waals surface area contributed by atoms with Crippen LogP contribution in [0, 0.1) is 0 Å². The summed E-state index contributed by atoms with van der Waals surface area (Å²) in [5, 5.41) is 5.56. The molecule has 0 bridgehead atoms. The number of pyridine rings is 1. The maximum Gasteiger partial charge on any atom is 0.265 e. The van der Waals surface area contributed by atoms with E-state index < -0.39 is 0 Å². The van der Waals surface area contributed by atoms with Crippen molar-refractivity contribution in [2.45, 2.75) is 0 Å². The highest BCUT2D eigenvalue weighted by Gasteiger charge is 2.25. The van der Waals surface area contributed by atoms with E-state index in [4.69, 9.17) is 9.97 Å². The van der Waals surface area contributed by atoms with Gasteiger partial charge in [-0.25, -0.2) is 9.97 Å². The first-order chi connectivity index (χ1) is 26.2. The van der Waals surface area contributed by atoms with E-state index in [1.54, 1.807) is 0 Å². The monoisotopic (exact) mass is 679 g/mol. The van der Waals surface area contributed by atoms with E-state index in [9.17, 15) is 0 Å². The molecule has 11 rings (SSSR count). The first kappa shape index (κ1) is 29.4. The van der Waals surface area contributed by atoms with Crippen LogP contribution in [0.1, 0.15) is 0 Å². The zero-order valence-electron chi connectivity index (χ0n) is 28.4. The van der Waals surface area contributed by atoms with Gasteiger partial charge in [-0.1, -0.05) is 121 Å². The van der Waals surface area contributed by atoms with Crippen molar-refractivity contribution in [3.05, 3.63) is 186 Å². The van der Waals surface area contributed by atoms with Crippen LogP contribution in [0.4, 0.5) is 0 Å². The second kappa shape index (κ2) is 11.4. The molecule has 53 heavy (non-hydrogen) atoms. The molecule has 4 heterocycles. The van der Waals surface area contributed by atoms with Crippen LogP contribution in [-0.4, -0.2) is 23.7 Å². The molecule has 0 spiro atoms. The van der Waals surface area contributed by atoms with E-state index in [0.29, 0.717) is 11.3 Å². The number of fused-ring (bicyclic) bond motifs is 9. The average Bonchev–Trinajstić information content (AvgIpc) is 3.73. The molecule has 0 aliphatic heterocycles. The lowest BCUT2D eigenvalue weighted by Gasteiger charge is -2.14. The van der Waals surface area contributed by atoms with Gasteiger partial charge in [0.25, 0.3) is 5.56 Å². The highest BCUT2D eigenvalue weighted by molar-refractivity contribution is 6.22. The fourth-order valence-corrected chi connectivity index (χ4v) is 8.19. The Labute approximate surface area is 303 Å². The summed E-state index contributed by atoms with van der Waals surface area (Å²) in [6.45, 7) is 0. The largest absolute Gasteiger partial charge is 0.309 e. The Morgan fingerprint density at radius 1 is 0.396 bits per heavy atom. The molecular formula is C47H29N5O. The van der Waals surface area contributed by atoms with Gasteiger partial charge in [-0.2, -0.15) is 0 Å². The third-order valence-electron chi connectivity index (χ3n) is 10.4. The molecule has 0 aliphatic rings. The second-order valence-corrected chi connectivity index (χ2v) is 13.4. The smallest absolute Gasteiger partial charge is 0.265 e. The molecule has 0 saturated heterocycles. The van der Waals surface area contributed by atoms with Gasteiger partial charge in [0.05, 0.1) is 44.2 Å². The standard InChI is InChI=1S/C47H29N5O/c53-46-43-37-29-41-36(33-22-11-14-26-39(33)50(41)31-18-6-2-7-19-31)28-42(37)52(45(43)35-24-12-15-27-40(35)51(46)32-20-8-3-9-21-32)47-48-38-25-13-10-23-34(38)44(49-47)30-16-4-1-5-17-30/h1-29H. The number of hydrogen-bond acceptors (Lipinski definition) is 3. The van der Waals surface area contributed by atoms with Crippen molar-refractivity contribution >= 4 is 65.4 Å². The lowest BCUT2D eigenvalue weighted by Crippen LogP contribution is -2.19. The zero-order chi connectivity index (χ0) is 35.0. The van der Waals surface area contributed by atoms with Crippen LogP contribution in [0.25, 0.3) is 94.0 Å². The predicted octanol–water partition coefficient (Wildman–Crippen LogP) is 10.8. The van der Waals surface area contributed by atoms with Crippen molar-refractivity contribution in [1.82, 2.24) is 23.7 Å². The van der Waals surface area contributed by atoms with Crippen molar-refractivity contribution in [1.29, 1.82) is 0 Å². The van der Waals surface area contributed by atoms with Crippen LogP contribution >= 0.6 is 0 Å². The Morgan fingerprint density at radius 3 is 1.64 bits per heavy atom. The van der Waals surface area contributed by atoms with E-state index >= 15 is 4.79 Å². The normalized spacial score (nSPS) is 11.8. The topological polar surface area (TPSA) is 57.6 Å². The lowest BCUT2D eigenvalue weighted by atomic mass is 10.1. The van der Waals surface area contributed by atoms with Gasteiger partial charge < -0.3 is 4.57 Å². The van der Waals surface area contributed by atoms with Crippen LogP contribution in [-0.2, 0) is 0 Å². The highest BCUT2D eigenvalue weighted by Crippen LogP contribution is 2.41. The van der Waals surface area contributed by atoms with Crippen LogP contribution in [0.15, 0.2) is 181 Å². The molecular weight excluding hydrogens is 651 g/mol. The van der Waals surface area contributed by atoms with E-state index in [-0.39, 0.29) is 5.56 Å². The molecule has 0 fully saturated rings. The molecule has 6 nitrogen and oxygen atoms in total. The van der Waals surface area contributed by atoms with Crippen LogP contribution in [0.3, 0.4) is 0 Å². The number of nitrogens with zero attached hydrogens (tertiary/aromatic N) is 5. The average molecular weight is 680 g/mol. The minimum atomic E-state index is -0.0977. The Hall–Kier alpha value is -7.31. The van der Waals surface area contributed by atoms with Gasteiger partial charge in [0.2, 0.25) is 5.95 Å². The third kappa shape index (κ3) is 4.30. The fraction of sp³-hybridized carbons (Fsp3) is 0. The number of hydrogen-bond donors (Lipinski definition) is 0. The van der Waals surface area contributed by atoms with Crippen LogP contribution in [0.5, 0.6) is 0 Å². The Bertz CT molecular complexity index is 3290. The summed E-state index contributed by atoms with van der Waals surface area (Å²) < 4.78 is 6.26. The number of rotatable bonds is 4. The number of benzene rings is 7. The Kier molecular flexibility index (Phi) is 6.30. The van der Waals surface area contributed by atoms with E-state index in [1.807, 2.05) is 95.6 Å². The van der Waals surface area contributed by atoms with Crippen LogP contribution in [0.2, 0.25) is 0 Å². The summed E-state index contributed by atoms with van der Waals surface area (Å²) in [5.74, 6) is 0.510. The van der Waals surface area contributed by atoms with Gasteiger partial charge in [-0.15, -0.1) is 0 Å². The molecule has 6 heteroatoms. The third-order valence-corrected chi connectivity index (χ3v) is 10.4. The molecule has 0 radical (unpaired) electrons. The molecule has 0 amide bonds. The summed E-state index contributed by atoms with van der Waals surface area (Å²) >= 11 is 0. The van der Waals surface area contributed by atoms with Gasteiger partial charge >= 0.3 is 0 Å². The summed E-state index contributed by atoms with van der Waals surface area (Å²) in [5.41, 5.74) is 9.01. The summed E-state index contributed by atoms with van der Waals surface area (Å²) in [6, 6.07) is 59.8. The van der Waals surface area contributed by atoms with E-state index in [0.717, 1.165) is 82.7 Å². The Morgan fingerprint density at radius 2 is 0.925 bits per heavy atom. The van der Waals surface area contributed by atoms with Crippen molar-refractivity contribution in [2.75, 3.05) is 0 Å². The minimum Gasteiger partial charge on any atom is -0.309 e. The van der Waals surface area contributed by atoms with Gasteiger partial charge in [0, 0.05) is 43.9 Å². The van der Waals surface area contributed by atoms with Gasteiger partial charge in [0.1, 0.15) is 0 Å². The summed E-state index contributed by atoms with van der Waals surface area (Å²) in [6.07, 6.45) is 0. The fourth-order valence-electron chi connectivity index (χ4n) is 8.19. The first-order valence-corrected chi connectivity index (χ1v) is 17.7. The first-order valence-electron chi connectivity index (χ1n) is 17.7. The molecule has 7 aromatic carbocycles. The Balaban J connectivity index is 1.38. The van der Waals surface area contributed by atoms with Gasteiger partial charge in [0.15, 0.2) is 0 Å². The van der Waals surface area contributed by atoms with Crippen LogP contribution < -0.4 is 5.56 Å². The molecule has 0 aliphatic carbocycles. The van der Waals surface area contributed by atoms with Gasteiger partial charge in [-0.3, -0.25) is 13.9 Å². The molecule has 248 valence electrons. The summed E-state index contributed by atoms with van der Waals surface area (Å²) in [7, 11) is 0. The van der Waals surface area contributed by atoms with Crippen molar-refractivity contribution < 1.29 is 0 Å². The molecule has 4 aromatic heterocycles. The molecule has 0 atom stereocenters. The maximum absolute atomic E-state index is 15.3. The van der Waals surface area contributed by atoms with Gasteiger partial charge in [-0.05, 0) is 54.6 Å². The van der Waals surface area contributed by atoms with Crippen molar-refractivity contribution in [2.24, 2.45) is 0 Å².